The molecule has 0 heterocycles. The third-order valence-corrected chi connectivity index (χ3v) is 4.09. The number of carbonyl (C=O) groups excluding carboxylic acids is 1. The lowest BCUT2D eigenvalue weighted by molar-refractivity contribution is -0.119. The minimum Gasteiger partial charge on any atom is -0.392 e. The van der Waals surface area contributed by atoms with Gasteiger partial charge in [0, 0.05) is 7.05 Å². The fourth-order valence-electron chi connectivity index (χ4n) is 0.929. The predicted molar refractivity (Wildman–Crippen MR) is 61.9 cm³/mol. The van der Waals surface area contributed by atoms with Crippen LogP contribution in [0.5, 0.6) is 0 Å². The molecule has 0 aromatic carbocycles. The molecule has 0 spiro atoms. The van der Waals surface area contributed by atoms with Gasteiger partial charge >= 0.3 is 0 Å². The van der Waals surface area contributed by atoms with E-state index in [2.05, 4.69) is 22.3 Å². The average molecular weight is 253 g/mol. The van der Waals surface area contributed by atoms with Gasteiger partial charge in [0.05, 0.1) is 11.5 Å². The predicted octanol–water partition coefficient (Wildman–Crippen LogP) is -1.28. The second kappa shape index (κ2) is 5.99. The number of amides is 1. The van der Waals surface area contributed by atoms with Crippen LogP contribution in [0, 0.1) is 0 Å². The first-order chi connectivity index (χ1) is 6.85. The lowest BCUT2D eigenvalue weighted by Crippen LogP contribution is -2.44. The molecule has 0 fully saturated rings. The number of nitrogens with two attached hydrogens (primary N) is 1. The van der Waals surface area contributed by atoms with Crippen LogP contribution in [-0.4, -0.2) is 38.2 Å². The SMILES string of the molecule is CCC(C(N)=S)S(=O)(=O)NCC(=O)NC. The van der Waals surface area contributed by atoms with Gasteiger partial charge in [0.15, 0.2) is 0 Å². The summed E-state index contributed by atoms with van der Waals surface area (Å²) in [4.78, 5) is 10.7. The zero-order valence-corrected chi connectivity index (χ0v) is 10.2. The van der Waals surface area contributed by atoms with Crippen molar-refractivity contribution in [2.75, 3.05) is 13.6 Å². The first kappa shape index (κ1) is 14.3. The van der Waals surface area contributed by atoms with Gasteiger partial charge in [-0.2, -0.15) is 0 Å². The fourth-order valence-corrected chi connectivity index (χ4v) is 2.75. The molecule has 1 atom stereocenters. The van der Waals surface area contributed by atoms with E-state index in [0.717, 1.165) is 0 Å². The Hall–Kier alpha value is -0.730. The summed E-state index contributed by atoms with van der Waals surface area (Å²) >= 11 is 4.63. The first-order valence-corrected chi connectivity index (χ1v) is 6.29. The Balaban J connectivity index is 4.54. The van der Waals surface area contributed by atoms with E-state index >= 15 is 0 Å². The molecule has 1 amide bonds. The number of likely N-dealkylation sites (N-methyl/N-ethyl adjacent to an activating group) is 1. The molecule has 0 radical (unpaired) electrons. The molecule has 0 saturated carbocycles. The van der Waals surface area contributed by atoms with Crippen LogP contribution in [0.2, 0.25) is 0 Å². The van der Waals surface area contributed by atoms with Gasteiger partial charge in [0.2, 0.25) is 15.9 Å². The molecule has 8 heteroatoms. The highest BCUT2D eigenvalue weighted by Crippen LogP contribution is 2.04. The normalized spacial score (nSPS) is 13.2. The van der Waals surface area contributed by atoms with Crippen molar-refractivity contribution >= 4 is 33.1 Å². The van der Waals surface area contributed by atoms with Crippen molar-refractivity contribution in [1.29, 1.82) is 0 Å². The summed E-state index contributed by atoms with van der Waals surface area (Å²) < 4.78 is 25.3. The van der Waals surface area contributed by atoms with E-state index in [-0.39, 0.29) is 18.0 Å². The molecule has 4 N–H and O–H groups in total. The zero-order chi connectivity index (χ0) is 12.1. The maximum Gasteiger partial charge on any atom is 0.234 e. The number of rotatable bonds is 6. The number of carbonyl (C=O) groups is 1. The molecule has 0 aliphatic heterocycles. The molecule has 0 aromatic heterocycles. The third-order valence-electron chi connectivity index (χ3n) is 1.78. The van der Waals surface area contributed by atoms with Gasteiger partial charge < -0.3 is 11.1 Å². The Bertz CT molecular complexity index is 339. The van der Waals surface area contributed by atoms with Crippen LogP contribution in [0.25, 0.3) is 0 Å². The van der Waals surface area contributed by atoms with E-state index in [1.807, 2.05) is 0 Å². The number of thiocarbonyl (C=S) groups is 1. The van der Waals surface area contributed by atoms with Crippen LogP contribution in [0.15, 0.2) is 0 Å². The second-order valence-electron chi connectivity index (χ2n) is 2.84. The largest absolute Gasteiger partial charge is 0.392 e. The Labute approximate surface area is 94.6 Å². The standard InChI is InChI=1S/C7H15N3O3S2/c1-3-5(7(8)14)15(12,13)10-4-6(11)9-2/h5,10H,3-4H2,1-2H3,(H2,8,14)(H,9,11). The molecular formula is C7H15N3O3S2. The fraction of sp³-hybridized carbons (Fsp3) is 0.714. The lowest BCUT2D eigenvalue weighted by Gasteiger charge is -2.14. The second-order valence-corrected chi connectivity index (χ2v) is 5.26. The van der Waals surface area contributed by atoms with Crippen molar-refractivity contribution in [2.45, 2.75) is 18.6 Å². The minimum absolute atomic E-state index is 0.0955. The summed E-state index contributed by atoms with van der Waals surface area (Å²) in [6.07, 6.45) is 0.276. The van der Waals surface area contributed by atoms with Crippen molar-refractivity contribution in [3.8, 4) is 0 Å². The van der Waals surface area contributed by atoms with Gasteiger partial charge in [0.1, 0.15) is 5.25 Å². The van der Waals surface area contributed by atoms with Crippen LogP contribution >= 0.6 is 12.2 Å². The quantitative estimate of drug-likeness (QED) is 0.512. The first-order valence-electron chi connectivity index (χ1n) is 4.33. The maximum atomic E-state index is 11.6. The third kappa shape index (κ3) is 4.54. The van der Waals surface area contributed by atoms with Crippen molar-refractivity contribution in [1.82, 2.24) is 10.0 Å². The highest BCUT2D eigenvalue weighted by Gasteiger charge is 2.26. The number of nitrogens with one attached hydrogen (secondary N) is 2. The van der Waals surface area contributed by atoms with Crippen molar-refractivity contribution in [2.24, 2.45) is 5.73 Å². The number of sulfonamides is 1. The summed E-state index contributed by atoms with van der Waals surface area (Å²) in [7, 11) is -2.24. The maximum absolute atomic E-state index is 11.6. The smallest absolute Gasteiger partial charge is 0.234 e. The van der Waals surface area contributed by atoms with Gasteiger partial charge in [-0.15, -0.1) is 0 Å². The highest BCUT2D eigenvalue weighted by atomic mass is 32.2. The van der Waals surface area contributed by atoms with E-state index in [1.165, 1.54) is 7.05 Å². The van der Waals surface area contributed by atoms with Crippen LogP contribution in [-0.2, 0) is 14.8 Å². The Morgan fingerprint density at radius 2 is 2.07 bits per heavy atom. The summed E-state index contributed by atoms with van der Waals surface area (Å²) in [5.74, 6) is -0.420. The van der Waals surface area contributed by atoms with Gasteiger partial charge in [-0.25, -0.2) is 13.1 Å². The van der Waals surface area contributed by atoms with Crippen LogP contribution in [0.3, 0.4) is 0 Å². The Kier molecular flexibility index (Phi) is 5.69. The minimum atomic E-state index is -3.65. The van der Waals surface area contributed by atoms with Crippen molar-refractivity contribution in [3.05, 3.63) is 0 Å². The van der Waals surface area contributed by atoms with Crippen LogP contribution < -0.4 is 15.8 Å². The molecule has 15 heavy (non-hydrogen) atoms. The zero-order valence-electron chi connectivity index (χ0n) is 8.61. The van der Waals surface area contributed by atoms with Gasteiger partial charge in [-0.1, -0.05) is 19.1 Å². The highest BCUT2D eigenvalue weighted by molar-refractivity contribution is 7.93. The van der Waals surface area contributed by atoms with Crippen LogP contribution in [0.4, 0.5) is 0 Å². The number of hydrogen-bond donors (Lipinski definition) is 3. The monoisotopic (exact) mass is 253 g/mol. The molecule has 1 unspecified atom stereocenters. The van der Waals surface area contributed by atoms with Gasteiger partial charge in [0.25, 0.3) is 0 Å². The van der Waals surface area contributed by atoms with E-state index in [1.54, 1.807) is 6.92 Å². The van der Waals surface area contributed by atoms with E-state index in [0.29, 0.717) is 0 Å². The molecule has 0 bridgehead atoms. The molecule has 0 aromatic rings. The van der Waals surface area contributed by atoms with Crippen molar-refractivity contribution < 1.29 is 13.2 Å². The summed E-state index contributed by atoms with van der Waals surface area (Å²) in [6, 6.07) is 0. The van der Waals surface area contributed by atoms with Gasteiger partial charge in [-0.05, 0) is 6.42 Å². The topological polar surface area (TPSA) is 101 Å². The summed E-state index contributed by atoms with van der Waals surface area (Å²) in [6.45, 7) is 1.35. The summed E-state index contributed by atoms with van der Waals surface area (Å²) in [5, 5.41) is 1.36. The molecule has 0 aliphatic carbocycles. The summed E-state index contributed by atoms with van der Waals surface area (Å²) in [5.41, 5.74) is 5.28. The molecular weight excluding hydrogens is 238 g/mol. The van der Waals surface area contributed by atoms with Crippen LogP contribution in [0.1, 0.15) is 13.3 Å². The molecule has 0 aliphatic rings. The number of hydrogen-bond acceptors (Lipinski definition) is 4. The van der Waals surface area contributed by atoms with E-state index < -0.39 is 21.2 Å². The van der Waals surface area contributed by atoms with Gasteiger partial charge in [-0.3, -0.25) is 4.79 Å². The molecule has 0 rings (SSSR count). The van der Waals surface area contributed by atoms with E-state index in [9.17, 15) is 13.2 Å². The molecule has 6 nitrogen and oxygen atoms in total. The Morgan fingerprint density at radius 1 is 1.53 bits per heavy atom. The molecule has 0 saturated heterocycles. The lowest BCUT2D eigenvalue weighted by atomic mass is 10.3. The van der Waals surface area contributed by atoms with Crippen molar-refractivity contribution in [3.63, 3.8) is 0 Å². The van der Waals surface area contributed by atoms with E-state index in [4.69, 9.17) is 5.73 Å². The Morgan fingerprint density at radius 3 is 2.40 bits per heavy atom. The molecule has 88 valence electrons. The average Bonchev–Trinajstić information content (AvgIpc) is 2.14.